The van der Waals surface area contributed by atoms with Crippen LogP contribution in [-0.2, 0) is 24.2 Å². The van der Waals surface area contributed by atoms with Crippen molar-refractivity contribution in [2.24, 2.45) is 0 Å². The largest absolute Gasteiger partial charge is 0.355 e. The number of hydrogen-bond donors (Lipinski definition) is 1. The van der Waals surface area contributed by atoms with E-state index in [4.69, 9.17) is 10.1 Å². The van der Waals surface area contributed by atoms with E-state index in [1.54, 1.807) is 0 Å². The van der Waals surface area contributed by atoms with Crippen LogP contribution in [-0.4, -0.2) is 44.5 Å². The second kappa shape index (κ2) is 9.55. The molecule has 0 aliphatic carbocycles. The summed E-state index contributed by atoms with van der Waals surface area (Å²) < 4.78 is 1.92. The molecule has 2 aromatic carbocycles. The highest BCUT2D eigenvalue weighted by atomic mass is 16.1. The molecule has 0 saturated heterocycles. The Labute approximate surface area is 201 Å². The molecule has 1 amide bonds. The van der Waals surface area contributed by atoms with Crippen molar-refractivity contribution in [3.63, 3.8) is 0 Å². The second-order valence-electron chi connectivity index (χ2n) is 9.37. The number of aromatic nitrogens is 3. The number of hydrogen-bond acceptors (Lipinski definition) is 4. The van der Waals surface area contributed by atoms with Gasteiger partial charge in [0.2, 0.25) is 5.91 Å². The predicted octanol–water partition coefficient (Wildman–Crippen LogP) is 4.39. The molecule has 5 rings (SSSR count). The van der Waals surface area contributed by atoms with Crippen LogP contribution in [0.25, 0.3) is 16.6 Å². The number of aryl methyl sites for hydroxylation is 2. The number of benzene rings is 2. The molecule has 1 atom stereocenters. The number of rotatable bonds is 7. The maximum Gasteiger partial charge on any atom is 0.220 e. The summed E-state index contributed by atoms with van der Waals surface area (Å²) in [6, 6.07) is 17.1. The first-order chi connectivity index (χ1) is 16.5. The second-order valence-corrected chi connectivity index (χ2v) is 9.37. The fourth-order valence-corrected chi connectivity index (χ4v) is 5.26. The number of fused-ring (bicyclic) bond motifs is 4. The van der Waals surface area contributed by atoms with Crippen molar-refractivity contribution < 1.29 is 4.79 Å². The molecule has 6 heteroatoms. The molecular formula is C28H33N5O. The standard InChI is InChI=1S/C28H33N5O/c1-4-23(32-16-15-21-9-5-6-10-22(21)18-32)17-29-27(34)14-13-24-19(2)30-28-25-11-7-8-12-26(25)31-33(28)20(24)3/h5-12,23H,4,13-18H2,1-3H3,(H,29,34). The van der Waals surface area contributed by atoms with Gasteiger partial charge in [-0.05, 0) is 61.9 Å². The van der Waals surface area contributed by atoms with E-state index in [9.17, 15) is 4.79 Å². The lowest BCUT2D eigenvalue weighted by Gasteiger charge is -2.35. The third kappa shape index (κ3) is 4.30. The summed E-state index contributed by atoms with van der Waals surface area (Å²) >= 11 is 0. The van der Waals surface area contributed by atoms with E-state index in [0.717, 1.165) is 59.4 Å². The van der Waals surface area contributed by atoms with Crippen LogP contribution in [0, 0.1) is 13.8 Å². The third-order valence-corrected chi connectivity index (χ3v) is 7.30. The molecule has 0 radical (unpaired) electrons. The van der Waals surface area contributed by atoms with E-state index in [2.05, 4.69) is 54.4 Å². The van der Waals surface area contributed by atoms with Crippen molar-refractivity contribution in [1.82, 2.24) is 24.8 Å². The summed E-state index contributed by atoms with van der Waals surface area (Å²) in [5.41, 5.74) is 7.84. The van der Waals surface area contributed by atoms with Crippen molar-refractivity contribution in [1.29, 1.82) is 0 Å². The molecule has 0 fully saturated rings. The highest BCUT2D eigenvalue weighted by Gasteiger charge is 2.23. The Morgan fingerprint density at radius 2 is 1.85 bits per heavy atom. The molecule has 0 bridgehead atoms. The molecule has 34 heavy (non-hydrogen) atoms. The Morgan fingerprint density at radius 1 is 1.09 bits per heavy atom. The first-order valence-corrected chi connectivity index (χ1v) is 12.4. The third-order valence-electron chi connectivity index (χ3n) is 7.30. The highest BCUT2D eigenvalue weighted by molar-refractivity contribution is 5.92. The Balaban J connectivity index is 1.22. The molecule has 3 heterocycles. The zero-order valence-electron chi connectivity index (χ0n) is 20.3. The molecule has 6 nitrogen and oxygen atoms in total. The normalized spacial score (nSPS) is 14.9. The summed E-state index contributed by atoms with van der Waals surface area (Å²) in [5, 5.41) is 8.99. The molecule has 1 N–H and O–H groups in total. The predicted molar refractivity (Wildman–Crippen MR) is 136 cm³/mol. The van der Waals surface area contributed by atoms with Gasteiger partial charge >= 0.3 is 0 Å². The van der Waals surface area contributed by atoms with Crippen LogP contribution in [0.2, 0.25) is 0 Å². The first kappa shape index (κ1) is 22.5. The smallest absolute Gasteiger partial charge is 0.220 e. The molecule has 0 spiro atoms. The van der Waals surface area contributed by atoms with Crippen molar-refractivity contribution in [3.05, 3.63) is 76.6 Å². The Hall–Kier alpha value is -3.25. The molecule has 2 aromatic heterocycles. The minimum Gasteiger partial charge on any atom is -0.355 e. The van der Waals surface area contributed by atoms with Crippen LogP contribution in [0.3, 0.4) is 0 Å². The van der Waals surface area contributed by atoms with Crippen LogP contribution in [0.4, 0.5) is 0 Å². The van der Waals surface area contributed by atoms with Crippen LogP contribution >= 0.6 is 0 Å². The average Bonchev–Trinajstić information content (AvgIpc) is 3.23. The van der Waals surface area contributed by atoms with E-state index in [0.29, 0.717) is 25.4 Å². The lowest BCUT2D eigenvalue weighted by atomic mass is 9.98. The number of amides is 1. The quantitative estimate of drug-likeness (QED) is 0.449. The summed E-state index contributed by atoms with van der Waals surface area (Å²) in [7, 11) is 0. The van der Waals surface area contributed by atoms with Crippen LogP contribution in [0.1, 0.15) is 47.8 Å². The Bertz CT molecular complexity index is 1340. The van der Waals surface area contributed by atoms with Gasteiger partial charge in [0.25, 0.3) is 0 Å². The van der Waals surface area contributed by atoms with Gasteiger partial charge in [0.05, 0.1) is 5.52 Å². The minimum absolute atomic E-state index is 0.0976. The van der Waals surface area contributed by atoms with Crippen LogP contribution < -0.4 is 5.32 Å². The van der Waals surface area contributed by atoms with Crippen LogP contribution in [0.5, 0.6) is 0 Å². The molecule has 4 aromatic rings. The Morgan fingerprint density at radius 3 is 2.68 bits per heavy atom. The van der Waals surface area contributed by atoms with Crippen molar-refractivity contribution in [2.75, 3.05) is 13.1 Å². The van der Waals surface area contributed by atoms with Crippen LogP contribution in [0.15, 0.2) is 48.5 Å². The van der Waals surface area contributed by atoms with Gasteiger partial charge < -0.3 is 5.32 Å². The van der Waals surface area contributed by atoms with E-state index >= 15 is 0 Å². The van der Waals surface area contributed by atoms with Gasteiger partial charge in [-0.3, -0.25) is 9.69 Å². The molecule has 0 saturated carbocycles. The maximum absolute atomic E-state index is 12.8. The monoisotopic (exact) mass is 455 g/mol. The van der Waals surface area contributed by atoms with Gasteiger partial charge in [0.1, 0.15) is 0 Å². The number of nitrogens with one attached hydrogen (secondary N) is 1. The highest BCUT2D eigenvalue weighted by Crippen LogP contribution is 2.23. The van der Waals surface area contributed by atoms with Crippen molar-refractivity contribution in [3.8, 4) is 0 Å². The lowest BCUT2D eigenvalue weighted by Crippen LogP contribution is -2.45. The average molecular weight is 456 g/mol. The van der Waals surface area contributed by atoms with Gasteiger partial charge in [-0.25, -0.2) is 9.50 Å². The SMILES string of the molecule is CCC(CNC(=O)CCc1c(C)nc2c3ccccc3nn2c1C)N1CCc2ccccc2C1. The maximum atomic E-state index is 12.8. The summed E-state index contributed by atoms with van der Waals surface area (Å²) in [6.07, 6.45) is 3.22. The van der Waals surface area contributed by atoms with E-state index in [1.807, 2.05) is 29.6 Å². The molecular weight excluding hydrogens is 422 g/mol. The van der Waals surface area contributed by atoms with Crippen molar-refractivity contribution in [2.45, 2.75) is 59.0 Å². The topological polar surface area (TPSA) is 62.5 Å². The molecule has 1 aliphatic rings. The lowest BCUT2D eigenvalue weighted by molar-refractivity contribution is -0.121. The van der Waals surface area contributed by atoms with E-state index < -0.39 is 0 Å². The van der Waals surface area contributed by atoms with E-state index in [1.165, 1.54) is 11.1 Å². The van der Waals surface area contributed by atoms with E-state index in [-0.39, 0.29) is 5.91 Å². The van der Waals surface area contributed by atoms with Gasteiger partial charge in [0.15, 0.2) is 5.65 Å². The molecule has 1 aliphatic heterocycles. The van der Waals surface area contributed by atoms with Crippen molar-refractivity contribution >= 4 is 22.5 Å². The van der Waals surface area contributed by atoms with Gasteiger partial charge in [-0.15, -0.1) is 0 Å². The Kier molecular flexibility index (Phi) is 6.33. The molecule has 1 unspecified atom stereocenters. The summed E-state index contributed by atoms with van der Waals surface area (Å²) in [5.74, 6) is 0.0976. The minimum atomic E-state index is 0.0976. The van der Waals surface area contributed by atoms with Gasteiger partial charge in [0, 0.05) is 48.9 Å². The fraction of sp³-hybridized carbons (Fsp3) is 0.393. The zero-order chi connectivity index (χ0) is 23.7. The van der Waals surface area contributed by atoms with Gasteiger partial charge in [-0.1, -0.05) is 43.3 Å². The summed E-state index contributed by atoms with van der Waals surface area (Å²) in [6.45, 7) is 9.02. The number of nitrogens with zero attached hydrogens (tertiary/aromatic N) is 4. The number of carbonyl (C=O) groups excluding carboxylic acids is 1. The summed E-state index contributed by atoms with van der Waals surface area (Å²) in [4.78, 5) is 20.1. The first-order valence-electron chi connectivity index (χ1n) is 12.4. The van der Waals surface area contributed by atoms with Gasteiger partial charge in [-0.2, -0.15) is 5.10 Å². The zero-order valence-corrected chi connectivity index (χ0v) is 20.3. The molecule has 176 valence electrons. The number of carbonyl (C=O) groups is 1. The fourth-order valence-electron chi connectivity index (χ4n) is 5.26.